The average molecular weight is 464 g/mol. The summed E-state index contributed by atoms with van der Waals surface area (Å²) >= 11 is 9.01. The van der Waals surface area contributed by atoms with Gasteiger partial charge in [0.1, 0.15) is 5.01 Å². The molecule has 0 saturated carbocycles. The van der Waals surface area contributed by atoms with E-state index in [0.29, 0.717) is 16.4 Å². The molecule has 2 amide bonds. The number of para-hydroxylation sites is 1. The first-order valence-corrected chi connectivity index (χ1v) is 11.0. The van der Waals surface area contributed by atoms with Gasteiger partial charge in [0.15, 0.2) is 6.61 Å². The van der Waals surface area contributed by atoms with Crippen molar-refractivity contribution in [3.63, 3.8) is 0 Å². The van der Waals surface area contributed by atoms with E-state index in [9.17, 15) is 14.4 Å². The molecular weight excluding hydrogens is 446 g/mol. The largest absolute Gasteiger partial charge is 0.455 e. The third kappa shape index (κ3) is 6.12. The number of ether oxygens (including phenoxy) is 1. The van der Waals surface area contributed by atoms with Crippen LogP contribution >= 0.6 is 34.3 Å². The Hall–Kier alpha value is -2.75. The summed E-state index contributed by atoms with van der Waals surface area (Å²) in [5.74, 6) is -1.46. The van der Waals surface area contributed by atoms with Crippen molar-refractivity contribution in [1.82, 2.24) is 9.88 Å². The van der Waals surface area contributed by atoms with Gasteiger partial charge in [-0.15, -0.1) is 11.3 Å². The first-order chi connectivity index (χ1) is 14.4. The Labute approximate surface area is 186 Å². The van der Waals surface area contributed by atoms with Crippen molar-refractivity contribution in [2.45, 2.75) is 6.42 Å². The first kappa shape index (κ1) is 21.9. The quantitative estimate of drug-likeness (QED) is 0.514. The maximum atomic E-state index is 12.1. The number of nitrogens with zero attached hydrogens (tertiary/aromatic N) is 2. The molecule has 0 fully saturated rings. The Bertz CT molecular complexity index is 1040. The van der Waals surface area contributed by atoms with Gasteiger partial charge < -0.3 is 15.0 Å². The van der Waals surface area contributed by atoms with E-state index in [1.54, 1.807) is 41.0 Å². The summed E-state index contributed by atoms with van der Waals surface area (Å²) in [5, 5.41) is 9.60. The van der Waals surface area contributed by atoms with E-state index < -0.39 is 24.4 Å². The van der Waals surface area contributed by atoms with Crippen molar-refractivity contribution in [1.29, 1.82) is 0 Å². The van der Waals surface area contributed by atoms with Gasteiger partial charge in [-0.1, -0.05) is 23.7 Å². The Morgan fingerprint density at radius 1 is 1.20 bits per heavy atom. The summed E-state index contributed by atoms with van der Waals surface area (Å²) in [4.78, 5) is 41.8. The second kappa shape index (κ2) is 10.3. The van der Waals surface area contributed by atoms with E-state index in [1.165, 1.54) is 23.3 Å². The molecule has 1 N–H and O–H groups in total. The smallest absolute Gasteiger partial charge is 0.312 e. The molecule has 0 aliphatic heterocycles. The fourth-order valence-electron chi connectivity index (χ4n) is 2.41. The molecule has 0 atom stereocenters. The lowest BCUT2D eigenvalue weighted by Gasteiger charge is -2.17. The van der Waals surface area contributed by atoms with E-state index in [-0.39, 0.29) is 13.0 Å². The number of hydrogen-bond donors (Lipinski definition) is 1. The summed E-state index contributed by atoms with van der Waals surface area (Å²) in [5.41, 5.74) is 2.06. The molecule has 156 valence electrons. The van der Waals surface area contributed by atoms with Gasteiger partial charge in [-0.25, -0.2) is 4.98 Å². The highest BCUT2D eigenvalue weighted by molar-refractivity contribution is 7.14. The SMILES string of the molecule is CN(CC(=O)Nc1ccccc1Cl)C(=O)COC(=O)Cc1csc(-c2ccsc2)n1. The summed E-state index contributed by atoms with van der Waals surface area (Å²) in [6.07, 6.45) is -0.0232. The number of anilines is 1. The number of aromatic nitrogens is 1. The fourth-order valence-corrected chi connectivity index (χ4v) is 4.13. The molecule has 3 rings (SSSR count). The molecule has 0 saturated heterocycles. The first-order valence-electron chi connectivity index (χ1n) is 8.83. The molecule has 0 spiro atoms. The van der Waals surface area contributed by atoms with Gasteiger partial charge in [-0.05, 0) is 23.6 Å². The number of carbonyl (C=O) groups is 3. The minimum atomic E-state index is -0.556. The number of amides is 2. The molecule has 0 bridgehead atoms. The second-order valence-corrected chi connectivity index (χ2v) is 8.32. The summed E-state index contributed by atoms with van der Waals surface area (Å²) in [6.45, 7) is -0.645. The van der Waals surface area contributed by atoms with Gasteiger partial charge in [0.2, 0.25) is 5.91 Å². The van der Waals surface area contributed by atoms with Crippen LogP contribution in [0.5, 0.6) is 0 Å². The number of thiophene rings is 1. The monoisotopic (exact) mass is 463 g/mol. The Morgan fingerprint density at radius 2 is 2.00 bits per heavy atom. The minimum Gasteiger partial charge on any atom is -0.455 e. The van der Waals surface area contributed by atoms with Gasteiger partial charge in [0.05, 0.1) is 29.4 Å². The average Bonchev–Trinajstić information content (AvgIpc) is 3.39. The second-order valence-electron chi connectivity index (χ2n) is 6.27. The van der Waals surface area contributed by atoms with Crippen LogP contribution < -0.4 is 5.32 Å². The van der Waals surface area contributed by atoms with Crippen LogP contribution in [0, 0.1) is 0 Å². The minimum absolute atomic E-state index is 0.0232. The topological polar surface area (TPSA) is 88.6 Å². The number of rotatable bonds is 8. The molecule has 2 aromatic heterocycles. The van der Waals surface area contributed by atoms with Crippen LogP contribution in [0.3, 0.4) is 0 Å². The molecule has 2 heterocycles. The number of nitrogens with one attached hydrogen (secondary N) is 1. The predicted molar refractivity (Wildman–Crippen MR) is 118 cm³/mol. The van der Waals surface area contributed by atoms with Crippen molar-refractivity contribution in [3.8, 4) is 10.6 Å². The normalized spacial score (nSPS) is 10.5. The Balaban J connectivity index is 1.42. The van der Waals surface area contributed by atoms with Crippen molar-refractivity contribution < 1.29 is 19.1 Å². The number of esters is 1. The van der Waals surface area contributed by atoms with Crippen LogP contribution in [0.2, 0.25) is 5.02 Å². The number of thiazole rings is 1. The molecule has 3 aromatic rings. The molecular formula is C20H18ClN3O4S2. The molecule has 10 heteroatoms. The number of likely N-dealkylation sites (N-methyl/N-ethyl adjacent to an activating group) is 1. The lowest BCUT2D eigenvalue weighted by Crippen LogP contribution is -2.37. The lowest BCUT2D eigenvalue weighted by atomic mass is 10.3. The zero-order valence-electron chi connectivity index (χ0n) is 16.0. The number of carbonyl (C=O) groups excluding carboxylic acids is 3. The van der Waals surface area contributed by atoms with Crippen molar-refractivity contribution >= 4 is 57.7 Å². The third-order valence-corrected chi connectivity index (χ3v) is 5.91. The van der Waals surface area contributed by atoms with Gasteiger partial charge in [-0.2, -0.15) is 11.3 Å². The van der Waals surface area contributed by atoms with Crippen LogP contribution in [-0.4, -0.2) is 47.9 Å². The van der Waals surface area contributed by atoms with Crippen molar-refractivity contribution in [2.24, 2.45) is 0 Å². The van der Waals surface area contributed by atoms with Crippen molar-refractivity contribution in [2.75, 3.05) is 25.5 Å². The number of hydrogen-bond acceptors (Lipinski definition) is 7. The highest BCUT2D eigenvalue weighted by atomic mass is 35.5. The van der Waals surface area contributed by atoms with Gasteiger partial charge in [0.25, 0.3) is 5.91 Å². The summed E-state index contributed by atoms with van der Waals surface area (Å²) in [6, 6.07) is 8.75. The van der Waals surface area contributed by atoms with E-state index >= 15 is 0 Å². The molecule has 0 unspecified atom stereocenters. The van der Waals surface area contributed by atoms with Crippen molar-refractivity contribution in [3.05, 3.63) is 57.2 Å². The molecule has 7 nitrogen and oxygen atoms in total. The Morgan fingerprint density at radius 3 is 2.73 bits per heavy atom. The molecule has 0 aliphatic carbocycles. The molecule has 0 aliphatic rings. The molecule has 0 radical (unpaired) electrons. The van der Waals surface area contributed by atoms with Crippen LogP contribution in [0.25, 0.3) is 10.6 Å². The Kier molecular flexibility index (Phi) is 7.56. The van der Waals surface area contributed by atoms with Crippen LogP contribution in [0.1, 0.15) is 5.69 Å². The van der Waals surface area contributed by atoms with E-state index in [2.05, 4.69) is 10.3 Å². The highest BCUT2D eigenvalue weighted by Crippen LogP contribution is 2.26. The van der Waals surface area contributed by atoms with Gasteiger partial charge in [0, 0.05) is 23.4 Å². The van der Waals surface area contributed by atoms with E-state index in [1.807, 2.05) is 16.8 Å². The number of halogens is 1. The standard InChI is InChI=1S/C20H18ClN3O4S2/c1-24(9-17(25)23-16-5-3-2-4-15(16)21)18(26)10-28-19(27)8-14-12-30-20(22-14)13-6-7-29-11-13/h2-7,11-12H,8-10H2,1H3,(H,23,25). The zero-order chi connectivity index (χ0) is 21.5. The third-order valence-electron chi connectivity index (χ3n) is 3.96. The van der Waals surface area contributed by atoms with Crippen LogP contribution in [-0.2, 0) is 25.5 Å². The van der Waals surface area contributed by atoms with E-state index in [0.717, 1.165) is 10.6 Å². The fraction of sp³-hybridized carbons (Fsp3) is 0.200. The maximum Gasteiger partial charge on any atom is 0.312 e. The van der Waals surface area contributed by atoms with Gasteiger partial charge >= 0.3 is 5.97 Å². The lowest BCUT2D eigenvalue weighted by molar-refractivity contribution is -0.151. The van der Waals surface area contributed by atoms with Crippen LogP contribution in [0.4, 0.5) is 5.69 Å². The molecule has 30 heavy (non-hydrogen) atoms. The highest BCUT2D eigenvalue weighted by Gasteiger charge is 2.17. The maximum absolute atomic E-state index is 12.1. The zero-order valence-corrected chi connectivity index (χ0v) is 18.4. The number of benzene rings is 1. The molecule has 1 aromatic carbocycles. The summed E-state index contributed by atoms with van der Waals surface area (Å²) in [7, 11) is 1.45. The van der Waals surface area contributed by atoms with Crippen LogP contribution in [0.15, 0.2) is 46.5 Å². The van der Waals surface area contributed by atoms with Gasteiger partial charge in [-0.3, -0.25) is 14.4 Å². The summed E-state index contributed by atoms with van der Waals surface area (Å²) < 4.78 is 5.03. The predicted octanol–water partition coefficient (Wildman–Crippen LogP) is 3.71. The van der Waals surface area contributed by atoms with E-state index in [4.69, 9.17) is 16.3 Å².